The van der Waals surface area contributed by atoms with E-state index in [0.717, 1.165) is 44.7 Å². The van der Waals surface area contributed by atoms with Crippen LogP contribution in [0.4, 0.5) is 21.6 Å². The number of nitrogens with zero attached hydrogens (tertiary/aromatic N) is 5. The van der Waals surface area contributed by atoms with Crippen LogP contribution >= 0.6 is 11.6 Å². The first-order valence-corrected chi connectivity index (χ1v) is 15.0. The Morgan fingerprint density at radius 1 is 1.05 bits per heavy atom. The zero-order valence-electron chi connectivity index (χ0n) is 24.5. The summed E-state index contributed by atoms with van der Waals surface area (Å²) in [5, 5.41) is 15.6. The van der Waals surface area contributed by atoms with Crippen LogP contribution < -0.4 is 10.6 Å². The lowest BCUT2D eigenvalue weighted by molar-refractivity contribution is -0.146. The Hall–Kier alpha value is -3.67. The van der Waals surface area contributed by atoms with E-state index in [1.54, 1.807) is 24.4 Å². The predicted octanol–water partition coefficient (Wildman–Crippen LogP) is 5.10. The molecule has 1 saturated carbocycles. The van der Waals surface area contributed by atoms with Gasteiger partial charge in [-0.3, -0.25) is 9.59 Å². The molecule has 1 aromatic carbocycles. The molecule has 3 heterocycles. The fourth-order valence-electron chi connectivity index (χ4n) is 5.67. The van der Waals surface area contributed by atoms with Crippen LogP contribution in [0.15, 0.2) is 42.6 Å². The molecule has 0 unspecified atom stereocenters. The number of carbonyl (C=O) groups excluding carboxylic acids is 2. The number of anilines is 3. The number of amides is 1. The Morgan fingerprint density at radius 3 is 2.56 bits per heavy atom. The number of esters is 1. The molecule has 1 aliphatic carbocycles. The summed E-state index contributed by atoms with van der Waals surface area (Å²) >= 11 is 6.16. The van der Waals surface area contributed by atoms with Crippen LogP contribution in [0.1, 0.15) is 43.7 Å². The summed E-state index contributed by atoms with van der Waals surface area (Å²) in [5.74, 6) is -0.406. The van der Waals surface area contributed by atoms with Crippen molar-refractivity contribution in [1.29, 1.82) is 0 Å². The Kier molecular flexibility index (Phi) is 10.2. The van der Waals surface area contributed by atoms with Gasteiger partial charge < -0.3 is 25.2 Å². The maximum absolute atomic E-state index is 14.8. The van der Waals surface area contributed by atoms with Crippen molar-refractivity contribution in [3.63, 3.8) is 0 Å². The minimum Gasteiger partial charge on any atom is -0.469 e. The summed E-state index contributed by atoms with van der Waals surface area (Å²) in [6.07, 6.45) is 4.83. The molecule has 0 spiro atoms. The van der Waals surface area contributed by atoms with Crippen molar-refractivity contribution in [1.82, 2.24) is 25.0 Å². The van der Waals surface area contributed by atoms with Gasteiger partial charge in [0.25, 0.3) is 0 Å². The second kappa shape index (κ2) is 14.2. The van der Waals surface area contributed by atoms with Gasteiger partial charge >= 0.3 is 5.97 Å². The van der Waals surface area contributed by atoms with Crippen molar-refractivity contribution in [3.05, 3.63) is 59.1 Å². The molecule has 0 bridgehead atoms. The second-order valence-electron chi connectivity index (χ2n) is 11.2. The van der Waals surface area contributed by atoms with Crippen LogP contribution in [0.25, 0.3) is 11.3 Å². The molecule has 10 nitrogen and oxygen atoms in total. The summed E-state index contributed by atoms with van der Waals surface area (Å²) in [7, 11) is 3.52. The Labute approximate surface area is 256 Å². The average Bonchev–Trinajstić information content (AvgIpc) is 3.02. The summed E-state index contributed by atoms with van der Waals surface area (Å²) in [4.78, 5) is 33.7. The van der Waals surface area contributed by atoms with Crippen molar-refractivity contribution in [2.75, 3.05) is 57.5 Å². The van der Waals surface area contributed by atoms with Crippen LogP contribution in [0, 0.1) is 11.7 Å². The highest BCUT2D eigenvalue weighted by molar-refractivity contribution is 6.30. The van der Waals surface area contributed by atoms with E-state index in [0.29, 0.717) is 53.7 Å². The average molecular weight is 610 g/mol. The van der Waals surface area contributed by atoms with E-state index in [9.17, 15) is 14.0 Å². The Bertz CT molecular complexity index is 1440. The molecular weight excluding hydrogens is 573 g/mol. The maximum atomic E-state index is 14.8. The fraction of sp³-hybridized carbons (Fsp3) is 0.452. The maximum Gasteiger partial charge on any atom is 0.308 e. The number of piperazine rings is 1. The van der Waals surface area contributed by atoms with E-state index in [-0.39, 0.29) is 29.3 Å². The zero-order chi connectivity index (χ0) is 30.3. The van der Waals surface area contributed by atoms with Gasteiger partial charge in [-0.2, -0.15) is 5.10 Å². The van der Waals surface area contributed by atoms with Gasteiger partial charge in [0.05, 0.1) is 30.1 Å². The molecule has 1 amide bonds. The quantitative estimate of drug-likeness (QED) is 0.320. The number of hydrogen-bond donors (Lipinski definition) is 2. The minimum absolute atomic E-state index is 0.0461. The highest BCUT2D eigenvalue weighted by Crippen LogP contribution is 2.40. The Morgan fingerprint density at radius 2 is 1.81 bits per heavy atom. The number of pyridine rings is 1. The molecule has 2 N–H and O–H groups in total. The summed E-state index contributed by atoms with van der Waals surface area (Å²) in [6.45, 7) is 4.61. The van der Waals surface area contributed by atoms with Gasteiger partial charge in [-0.25, -0.2) is 9.37 Å². The van der Waals surface area contributed by atoms with Crippen molar-refractivity contribution in [3.8, 4) is 11.3 Å². The lowest BCUT2D eigenvalue weighted by Gasteiger charge is -2.32. The lowest BCUT2D eigenvalue weighted by atomic mass is 9.80. The van der Waals surface area contributed by atoms with Gasteiger partial charge in [0.2, 0.25) is 5.91 Å². The zero-order valence-corrected chi connectivity index (χ0v) is 25.2. The van der Waals surface area contributed by atoms with Gasteiger partial charge in [-0.05, 0) is 63.1 Å². The molecule has 0 radical (unpaired) electrons. The van der Waals surface area contributed by atoms with E-state index in [1.807, 2.05) is 0 Å². The number of rotatable bonds is 9. The number of hydrogen-bond acceptors (Lipinski definition) is 9. The van der Waals surface area contributed by atoms with Crippen molar-refractivity contribution in [2.45, 2.75) is 38.0 Å². The standard InChI is InChI=1S/C31H37ClFN7O3/c1-39-13-15-40(16-14-39)12-10-29(41)36-28-18-23(9-11-34-28)35-27-19-26(24-17-22(32)7-8-25(24)33)37-38-30(27)20-3-5-21(6-4-20)31(42)43-2/h7-9,11,17-21H,3-6,10,12-16H2,1-2H3,(H2,34,35,36,37,41). The van der Waals surface area contributed by atoms with Crippen LogP contribution in [-0.4, -0.2) is 83.7 Å². The molecule has 1 aliphatic heterocycles. The van der Waals surface area contributed by atoms with Crippen LogP contribution in [0.3, 0.4) is 0 Å². The number of carbonyl (C=O) groups is 2. The van der Waals surface area contributed by atoms with Crippen LogP contribution in [0.2, 0.25) is 5.02 Å². The van der Waals surface area contributed by atoms with Crippen LogP contribution in [0.5, 0.6) is 0 Å². The highest BCUT2D eigenvalue weighted by Gasteiger charge is 2.30. The number of benzene rings is 1. The third-order valence-electron chi connectivity index (χ3n) is 8.23. The highest BCUT2D eigenvalue weighted by atomic mass is 35.5. The number of likely N-dealkylation sites (N-methyl/N-ethyl adjacent to an activating group) is 1. The molecule has 2 fully saturated rings. The first-order chi connectivity index (χ1) is 20.8. The third kappa shape index (κ3) is 8.04. The van der Waals surface area contributed by atoms with Crippen molar-refractivity contribution in [2.24, 2.45) is 5.92 Å². The van der Waals surface area contributed by atoms with E-state index in [2.05, 4.69) is 42.7 Å². The summed E-state index contributed by atoms with van der Waals surface area (Å²) in [6, 6.07) is 9.62. The fourth-order valence-corrected chi connectivity index (χ4v) is 5.84. The minimum atomic E-state index is -0.457. The number of ether oxygens (including phenoxy) is 1. The lowest BCUT2D eigenvalue weighted by Crippen LogP contribution is -2.45. The molecule has 3 aromatic rings. The first-order valence-electron chi connectivity index (χ1n) is 14.6. The van der Waals surface area contributed by atoms with Gasteiger partial charge in [0.1, 0.15) is 11.6 Å². The predicted molar refractivity (Wildman–Crippen MR) is 164 cm³/mol. The van der Waals surface area contributed by atoms with Crippen molar-refractivity contribution < 1.29 is 18.7 Å². The molecule has 12 heteroatoms. The molecule has 0 atom stereocenters. The second-order valence-corrected chi connectivity index (χ2v) is 11.7. The number of halogens is 2. The third-order valence-corrected chi connectivity index (χ3v) is 8.47. The van der Waals surface area contributed by atoms with Gasteiger partial charge in [-0.15, -0.1) is 5.10 Å². The molecule has 228 valence electrons. The SMILES string of the molecule is COC(=O)C1CCC(c2nnc(-c3cc(Cl)ccc3F)cc2Nc2ccnc(NC(=O)CCN3CCN(C)CC3)c2)CC1. The smallest absolute Gasteiger partial charge is 0.308 e. The van der Waals surface area contributed by atoms with E-state index >= 15 is 0 Å². The van der Waals surface area contributed by atoms with Crippen LogP contribution in [-0.2, 0) is 14.3 Å². The van der Waals surface area contributed by atoms with Gasteiger partial charge in [-0.1, -0.05) is 11.6 Å². The van der Waals surface area contributed by atoms with Gasteiger partial charge in [0, 0.05) is 73.6 Å². The first kappa shape index (κ1) is 30.8. The number of methoxy groups -OCH3 is 1. The summed E-state index contributed by atoms with van der Waals surface area (Å²) in [5.41, 5.74) is 2.64. The number of nitrogens with one attached hydrogen (secondary N) is 2. The van der Waals surface area contributed by atoms with Crippen molar-refractivity contribution >= 4 is 40.7 Å². The molecule has 2 aromatic heterocycles. The monoisotopic (exact) mass is 609 g/mol. The normalized spacial score (nSPS) is 19.5. The van der Waals surface area contributed by atoms with Gasteiger partial charge in [0.15, 0.2) is 0 Å². The largest absolute Gasteiger partial charge is 0.469 e. The molecule has 2 aliphatic rings. The van der Waals surface area contributed by atoms with E-state index < -0.39 is 5.82 Å². The topological polar surface area (TPSA) is 113 Å². The molecular formula is C31H37ClFN7O3. The Balaban J connectivity index is 1.33. The summed E-state index contributed by atoms with van der Waals surface area (Å²) < 4.78 is 19.7. The van der Waals surface area contributed by atoms with E-state index in [4.69, 9.17) is 16.3 Å². The molecule has 1 saturated heterocycles. The number of aromatic nitrogens is 3. The van der Waals surface area contributed by atoms with E-state index in [1.165, 1.54) is 25.3 Å². The molecule has 43 heavy (non-hydrogen) atoms. The molecule has 5 rings (SSSR count).